The van der Waals surface area contributed by atoms with Crippen LogP contribution in [0.1, 0.15) is 32.6 Å². The van der Waals surface area contributed by atoms with E-state index >= 15 is 0 Å². The van der Waals surface area contributed by atoms with E-state index in [2.05, 4.69) is 0 Å². The Morgan fingerprint density at radius 2 is 2.18 bits per heavy atom. The normalized spacial score (nSPS) is 9.64. The molecule has 11 heavy (non-hydrogen) atoms. The number of unbranched alkanes of at least 4 members (excludes halogenated alkanes) is 1. The molecule has 0 radical (unpaired) electrons. The maximum atomic E-state index is 10.7. The minimum atomic E-state index is -0.201. The number of hydrogen-bond donors (Lipinski definition) is 1. The van der Waals surface area contributed by atoms with Crippen LogP contribution < -0.4 is 0 Å². The van der Waals surface area contributed by atoms with E-state index < -0.39 is 0 Å². The molecule has 0 bridgehead atoms. The van der Waals surface area contributed by atoms with Crippen LogP contribution in [0, 0.1) is 0 Å². The Balaban J connectivity index is 3.09. The van der Waals surface area contributed by atoms with Gasteiger partial charge in [0.1, 0.15) is 0 Å². The molecule has 0 aromatic carbocycles. The Bertz CT molecular complexity index is 102. The number of aliphatic hydroxyl groups excluding tert-OH is 1. The second kappa shape index (κ2) is 7.54. The van der Waals surface area contributed by atoms with E-state index in [1.165, 1.54) is 0 Å². The molecular weight excluding hydrogens is 144 g/mol. The Hall–Kier alpha value is -0.570. The molecule has 0 aromatic heterocycles. The van der Waals surface area contributed by atoms with Crippen molar-refractivity contribution in [2.75, 3.05) is 13.2 Å². The predicted octanol–water partition coefficient (Wildman–Crippen LogP) is 1.10. The highest BCUT2D eigenvalue weighted by molar-refractivity contribution is 5.69. The number of ether oxygens (including phenoxy) is 1. The van der Waals surface area contributed by atoms with Crippen molar-refractivity contribution in [2.45, 2.75) is 32.6 Å². The number of hydrogen-bond acceptors (Lipinski definition) is 3. The molecule has 0 atom stereocenters. The van der Waals surface area contributed by atoms with E-state index in [0.29, 0.717) is 19.4 Å². The molecule has 0 aliphatic carbocycles. The number of carbonyl (C=O) groups is 1. The van der Waals surface area contributed by atoms with Crippen LogP contribution in [0.3, 0.4) is 0 Å². The molecule has 66 valence electrons. The lowest BCUT2D eigenvalue weighted by Crippen LogP contribution is -2.06. The van der Waals surface area contributed by atoms with Crippen LogP contribution in [0.15, 0.2) is 0 Å². The summed E-state index contributed by atoms with van der Waals surface area (Å²) in [5, 5.41) is 8.38. The second-order valence-electron chi connectivity index (χ2n) is 2.40. The highest BCUT2D eigenvalue weighted by Crippen LogP contribution is 1.94. The third-order valence-electron chi connectivity index (χ3n) is 1.30. The van der Waals surface area contributed by atoms with Gasteiger partial charge in [-0.05, 0) is 12.8 Å². The van der Waals surface area contributed by atoms with Crippen molar-refractivity contribution in [2.24, 2.45) is 0 Å². The zero-order valence-electron chi connectivity index (χ0n) is 7.01. The van der Waals surface area contributed by atoms with E-state index in [0.717, 1.165) is 12.8 Å². The third-order valence-corrected chi connectivity index (χ3v) is 1.30. The summed E-state index contributed by atoms with van der Waals surface area (Å²) in [6.07, 6.45) is 2.79. The first kappa shape index (κ1) is 10.4. The first-order valence-corrected chi connectivity index (χ1v) is 4.07. The summed E-state index contributed by atoms with van der Waals surface area (Å²) in [4.78, 5) is 10.7. The van der Waals surface area contributed by atoms with Gasteiger partial charge in [-0.3, -0.25) is 4.79 Å². The number of aliphatic hydroxyl groups is 1. The molecule has 3 nitrogen and oxygen atoms in total. The Labute approximate surface area is 67.4 Å². The van der Waals surface area contributed by atoms with Gasteiger partial charge in [-0.15, -0.1) is 0 Å². The van der Waals surface area contributed by atoms with Gasteiger partial charge in [-0.1, -0.05) is 13.3 Å². The van der Waals surface area contributed by atoms with E-state index in [9.17, 15) is 4.79 Å². The maximum absolute atomic E-state index is 10.7. The Kier molecular flexibility index (Phi) is 7.15. The SMILES string of the molecule is CCCCOC(=O)CCCO. The number of carbonyl (C=O) groups excluding carboxylic acids is 1. The minimum Gasteiger partial charge on any atom is -0.466 e. The fourth-order valence-electron chi connectivity index (χ4n) is 0.626. The van der Waals surface area contributed by atoms with Gasteiger partial charge in [-0.2, -0.15) is 0 Å². The molecule has 0 aromatic rings. The zero-order chi connectivity index (χ0) is 8.53. The van der Waals surface area contributed by atoms with Gasteiger partial charge < -0.3 is 9.84 Å². The van der Waals surface area contributed by atoms with Crippen LogP contribution in [0.5, 0.6) is 0 Å². The van der Waals surface area contributed by atoms with Crippen LogP contribution in [0.2, 0.25) is 0 Å². The molecule has 0 aliphatic rings. The van der Waals surface area contributed by atoms with E-state index in [1.807, 2.05) is 6.92 Å². The van der Waals surface area contributed by atoms with E-state index in [-0.39, 0.29) is 12.6 Å². The quantitative estimate of drug-likeness (QED) is 0.467. The fraction of sp³-hybridized carbons (Fsp3) is 0.875. The summed E-state index contributed by atoms with van der Waals surface area (Å²) < 4.78 is 4.83. The molecule has 0 heterocycles. The summed E-state index contributed by atoms with van der Waals surface area (Å²) in [5.41, 5.74) is 0. The van der Waals surface area contributed by atoms with E-state index in [1.54, 1.807) is 0 Å². The van der Waals surface area contributed by atoms with Crippen molar-refractivity contribution in [3.8, 4) is 0 Å². The smallest absolute Gasteiger partial charge is 0.305 e. The van der Waals surface area contributed by atoms with Gasteiger partial charge in [0, 0.05) is 13.0 Å². The lowest BCUT2D eigenvalue weighted by molar-refractivity contribution is -0.144. The molecule has 0 saturated heterocycles. The van der Waals surface area contributed by atoms with Crippen LogP contribution in [-0.2, 0) is 9.53 Å². The highest BCUT2D eigenvalue weighted by Gasteiger charge is 1.99. The van der Waals surface area contributed by atoms with Crippen LogP contribution >= 0.6 is 0 Å². The summed E-state index contributed by atoms with van der Waals surface area (Å²) in [6.45, 7) is 2.62. The van der Waals surface area contributed by atoms with Crippen LogP contribution in [0.25, 0.3) is 0 Å². The lowest BCUT2D eigenvalue weighted by atomic mass is 10.3. The van der Waals surface area contributed by atoms with Gasteiger partial charge in [0.15, 0.2) is 0 Å². The number of esters is 1. The molecular formula is C8H16O3. The molecule has 3 heteroatoms. The summed E-state index contributed by atoms with van der Waals surface area (Å²) >= 11 is 0. The average Bonchev–Trinajstić information content (AvgIpc) is 2.01. The van der Waals surface area contributed by atoms with Crippen molar-refractivity contribution >= 4 is 5.97 Å². The average molecular weight is 160 g/mol. The molecule has 0 fully saturated rings. The van der Waals surface area contributed by atoms with Gasteiger partial charge in [0.25, 0.3) is 0 Å². The van der Waals surface area contributed by atoms with Crippen molar-refractivity contribution in [1.29, 1.82) is 0 Å². The van der Waals surface area contributed by atoms with Crippen LogP contribution in [-0.4, -0.2) is 24.3 Å². The van der Waals surface area contributed by atoms with Crippen molar-refractivity contribution in [3.05, 3.63) is 0 Å². The molecule has 0 rings (SSSR count). The third kappa shape index (κ3) is 7.33. The Morgan fingerprint density at radius 3 is 2.73 bits per heavy atom. The first-order chi connectivity index (χ1) is 5.31. The molecule has 0 saturated carbocycles. The first-order valence-electron chi connectivity index (χ1n) is 4.07. The maximum Gasteiger partial charge on any atom is 0.305 e. The fourth-order valence-corrected chi connectivity index (χ4v) is 0.626. The summed E-state index contributed by atoms with van der Waals surface area (Å²) in [7, 11) is 0. The molecule has 1 N–H and O–H groups in total. The number of rotatable bonds is 6. The topological polar surface area (TPSA) is 46.5 Å². The van der Waals surface area contributed by atoms with Gasteiger partial charge in [0.2, 0.25) is 0 Å². The van der Waals surface area contributed by atoms with Crippen molar-refractivity contribution in [1.82, 2.24) is 0 Å². The summed E-state index contributed by atoms with van der Waals surface area (Å²) in [5.74, 6) is -0.201. The molecule has 0 unspecified atom stereocenters. The monoisotopic (exact) mass is 160 g/mol. The largest absolute Gasteiger partial charge is 0.466 e. The van der Waals surface area contributed by atoms with Gasteiger partial charge >= 0.3 is 5.97 Å². The predicted molar refractivity (Wildman–Crippen MR) is 42.2 cm³/mol. The second-order valence-corrected chi connectivity index (χ2v) is 2.40. The van der Waals surface area contributed by atoms with Crippen molar-refractivity contribution < 1.29 is 14.6 Å². The molecule has 0 spiro atoms. The van der Waals surface area contributed by atoms with E-state index in [4.69, 9.17) is 9.84 Å². The zero-order valence-corrected chi connectivity index (χ0v) is 7.01. The van der Waals surface area contributed by atoms with Crippen LogP contribution in [0.4, 0.5) is 0 Å². The highest BCUT2D eigenvalue weighted by atomic mass is 16.5. The minimum absolute atomic E-state index is 0.0584. The molecule has 0 aliphatic heterocycles. The van der Waals surface area contributed by atoms with Gasteiger partial charge in [-0.25, -0.2) is 0 Å². The summed E-state index contributed by atoms with van der Waals surface area (Å²) in [6, 6.07) is 0. The standard InChI is InChI=1S/C8H16O3/c1-2-3-7-11-8(10)5-4-6-9/h9H,2-7H2,1H3. The Morgan fingerprint density at radius 1 is 1.45 bits per heavy atom. The van der Waals surface area contributed by atoms with Gasteiger partial charge in [0.05, 0.1) is 6.61 Å². The molecule has 0 amide bonds. The van der Waals surface area contributed by atoms with Crippen molar-refractivity contribution in [3.63, 3.8) is 0 Å². The lowest BCUT2D eigenvalue weighted by Gasteiger charge is -2.01.